The molecule has 0 aliphatic rings. The Balaban J connectivity index is 1.76. The lowest BCUT2D eigenvalue weighted by Crippen LogP contribution is -2.22. The monoisotopic (exact) mass is 310 g/mol. The molecule has 3 rings (SSSR count). The first-order valence-corrected chi connectivity index (χ1v) is 7.18. The van der Waals surface area contributed by atoms with Gasteiger partial charge in [0.2, 0.25) is 0 Å². The number of aryl methyl sites for hydroxylation is 1. The molecule has 0 aliphatic carbocycles. The molecule has 5 heteroatoms. The van der Waals surface area contributed by atoms with Gasteiger partial charge in [-0.25, -0.2) is 4.39 Å². The second-order valence-electron chi connectivity index (χ2n) is 5.25. The molecule has 1 N–H and O–H groups in total. The average molecular weight is 310 g/mol. The highest BCUT2D eigenvalue weighted by molar-refractivity contribution is 5.99. The molecular weight excluding hydrogens is 295 g/mol. The Morgan fingerprint density at radius 3 is 2.74 bits per heavy atom. The maximum Gasteiger partial charge on any atom is 0.257 e. The summed E-state index contributed by atoms with van der Waals surface area (Å²) in [6.45, 7) is 2.41. The van der Waals surface area contributed by atoms with Crippen LogP contribution >= 0.6 is 0 Å². The first-order valence-electron chi connectivity index (χ1n) is 7.18. The smallest absolute Gasteiger partial charge is 0.257 e. The summed E-state index contributed by atoms with van der Waals surface area (Å²) in [6, 6.07) is 13.6. The molecule has 0 unspecified atom stereocenters. The van der Waals surface area contributed by atoms with Crippen molar-refractivity contribution < 1.29 is 13.7 Å². The molecule has 1 heterocycles. The van der Waals surface area contributed by atoms with Crippen LogP contribution in [0.2, 0.25) is 0 Å². The maximum absolute atomic E-state index is 13.0. The van der Waals surface area contributed by atoms with Gasteiger partial charge in [-0.3, -0.25) is 4.79 Å². The third-order valence-electron chi connectivity index (χ3n) is 3.46. The summed E-state index contributed by atoms with van der Waals surface area (Å²) >= 11 is 0. The number of benzene rings is 2. The van der Waals surface area contributed by atoms with Crippen molar-refractivity contribution in [1.82, 2.24) is 10.5 Å². The topological polar surface area (TPSA) is 55.1 Å². The Hall–Kier alpha value is -2.95. The second kappa shape index (κ2) is 6.44. The fourth-order valence-corrected chi connectivity index (χ4v) is 2.31. The molecule has 0 bridgehead atoms. The van der Waals surface area contributed by atoms with Gasteiger partial charge in [-0.15, -0.1) is 0 Å². The van der Waals surface area contributed by atoms with E-state index >= 15 is 0 Å². The van der Waals surface area contributed by atoms with Crippen LogP contribution in [0, 0.1) is 12.7 Å². The first kappa shape index (κ1) is 15.0. The van der Waals surface area contributed by atoms with Crippen LogP contribution in [-0.2, 0) is 6.54 Å². The van der Waals surface area contributed by atoms with Gasteiger partial charge in [-0.2, -0.15) is 0 Å². The van der Waals surface area contributed by atoms with E-state index in [-0.39, 0.29) is 11.7 Å². The Labute approximate surface area is 132 Å². The zero-order chi connectivity index (χ0) is 16.2. The average Bonchev–Trinajstić information content (AvgIpc) is 3.03. The molecule has 116 valence electrons. The summed E-state index contributed by atoms with van der Waals surface area (Å²) in [5, 5.41) is 6.52. The largest absolute Gasteiger partial charge is 0.355 e. The normalized spacial score (nSPS) is 10.5. The van der Waals surface area contributed by atoms with Gasteiger partial charge >= 0.3 is 0 Å². The SMILES string of the molecule is Cc1cccc(CNC(=O)c2cnoc2-c2ccc(F)cc2)c1. The van der Waals surface area contributed by atoms with Gasteiger partial charge < -0.3 is 9.84 Å². The van der Waals surface area contributed by atoms with Gasteiger partial charge in [0.25, 0.3) is 5.91 Å². The van der Waals surface area contributed by atoms with Crippen LogP contribution in [0.3, 0.4) is 0 Å². The summed E-state index contributed by atoms with van der Waals surface area (Å²) in [7, 11) is 0. The summed E-state index contributed by atoms with van der Waals surface area (Å²) in [6.07, 6.45) is 1.37. The second-order valence-corrected chi connectivity index (χ2v) is 5.25. The van der Waals surface area contributed by atoms with Gasteiger partial charge in [-0.1, -0.05) is 35.0 Å². The first-order chi connectivity index (χ1) is 11.1. The minimum absolute atomic E-state index is 0.285. The van der Waals surface area contributed by atoms with Crippen LogP contribution in [0.1, 0.15) is 21.5 Å². The maximum atomic E-state index is 13.0. The highest BCUT2D eigenvalue weighted by Crippen LogP contribution is 2.23. The van der Waals surface area contributed by atoms with Crippen LogP contribution in [0.25, 0.3) is 11.3 Å². The van der Waals surface area contributed by atoms with Crippen LogP contribution < -0.4 is 5.32 Å². The lowest BCUT2D eigenvalue weighted by molar-refractivity contribution is 0.0951. The lowest BCUT2D eigenvalue weighted by atomic mass is 10.1. The fourth-order valence-electron chi connectivity index (χ4n) is 2.31. The van der Waals surface area contributed by atoms with Crippen LogP contribution in [-0.4, -0.2) is 11.1 Å². The van der Waals surface area contributed by atoms with Gasteiger partial charge in [0.05, 0.1) is 6.20 Å². The van der Waals surface area contributed by atoms with E-state index in [1.165, 1.54) is 18.3 Å². The molecular formula is C18H15FN2O2. The van der Waals surface area contributed by atoms with Crippen LogP contribution in [0.15, 0.2) is 59.3 Å². The molecule has 2 aromatic carbocycles. The minimum Gasteiger partial charge on any atom is -0.355 e. The molecule has 0 fully saturated rings. The van der Waals surface area contributed by atoms with E-state index in [0.717, 1.165) is 11.1 Å². The molecule has 0 radical (unpaired) electrons. The Bertz CT molecular complexity index is 825. The zero-order valence-electron chi connectivity index (χ0n) is 12.5. The van der Waals surface area contributed by atoms with Crippen molar-refractivity contribution in [2.45, 2.75) is 13.5 Å². The number of rotatable bonds is 4. The van der Waals surface area contributed by atoms with E-state index in [2.05, 4.69) is 10.5 Å². The number of carbonyl (C=O) groups excluding carboxylic acids is 1. The Morgan fingerprint density at radius 1 is 1.22 bits per heavy atom. The quantitative estimate of drug-likeness (QED) is 0.799. The van der Waals surface area contributed by atoms with Gasteiger partial charge in [0.15, 0.2) is 5.76 Å². The molecule has 0 saturated carbocycles. The van der Waals surface area contributed by atoms with Gasteiger partial charge in [0.1, 0.15) is 11.4 Å². The number of hydrogen-bond donors (Lipinski definition) is 1. The Kier molecular flexibility index (Phi) is 4.19. The third kappa shape index (κ3) is 3.45. The number of hydrogen-bond acceptors (Lipinski definition) is 3. The van der Waals surface area contributed by atoms with Crippen molar-refractivity contribution in [3.05, 3.63) is 77.2 Å². The van der Waals surface area contributed by atoms with Crippen molar-refractivity contribution in [3.63, 3.8) is 0 Å². The van der Waals surface area contributed by atoms with Crippen molar-refractivity contribution in [1.29, 1.82) is 0 Å². The zero-order valence-corrected chi connectivity index (χ0v) is 12.5. The van der Waals surface area contributed by atoms with Crippen LogP contribution in [0.5, 0.6) is 0 Å². The number of aromatic nitrogens is 1. The molecule has 3 aromatic rings. The predicted octanol–water partition coefficient (Wildman–Crippen LogP) is 3.72. The van der Waals surface area contributed by atoms with Crippen molar-refractivity contribution in [2.24, 2.45) is 0 Å². The van der Waals surface area contributed by atoms with E-state index in [9.17, 15) is 9.18 Å². The number of carbonyl (C=O) groups is 1. The van der Waals surface area contributed by atoms with E-state index in [1.807, 2.05) is 31.2 Å². The van der Waals surface area contributed by atoms with Crippen LogP contribution in [0.4, 0.5) is 4.39 Å². The Morgan fingerprint density at radius 2 is 2.00 bits per heavy atom. The van der Waals surface area contributed by atoms with Gasteiger partial charge in [0, 0.05) is 12.1 Å². The predicted molar refractivity (Wildman–Crippen MR) is 84.2 cm³/mol. The molecule has 4 nitrogen and oxygen atoms in total. The number of amides is 1. The molecule has 0 atom stereocenters. The fraction of sp³-hybridized carbons (Fsp3) is 0.111. The third-order valence-corrected chi connectivity index (χ3v) is 3.46. The summed E-state index contributed by atoms with van der Waals surface area (Å²) in [4.78, 5) is 12.3. The van der Waals surface area contributed by atoms with Crippen molar-refractivity contribution in [3.8, 4) is 11.3 Å². The van der Waals surface area contributed by atoms with E-state index in [0.29, 0.717) is 23.4 Å². The van der Waals surface area contributed by atoms with Crippen molar-refractivity contribution in [2.75, 3.05) is 0 Å². The molecule has 0 saturated heterocycles. The highest BCUT2D eigenvalue weighted by atomic mass is 19.1. The summed E-state index contributed by atoms with van der Waals surface area (Å²) < 4.78 is 18.2. The van der Waals surface area contributed by atoms with E-state index in [1.54, 1.807) is 12.1 Å². The van der Waals surface area contributed by atoms with E-state index in [4.69, 9.17) is 4.52 Å². The molecule has 1 aromatic heterocycles. The lowest BCUT2D eigenvalue weighted by Gasteiger charge is -2.06. The minimum atomic E-state index is -0.348. The molecule has 23 heavy (non-hydrogen) atoms. The van der Waals surface area contributed by atoms with Crippen molar-refractivity contribution >= 4 is 5.91 Å². The standard InChI is InChI=1S/C18H15FN2O2/c1-12-3-2-4-13(9-12)10-20-18(22)16-11-21-23-17(16)14-5-7-15(19)8-6-14/h2-9,11H,10H2,1H3,(H,20,22). The van der Waals surface area contributed by atoms with Gasteiger partial charge in [-0.05, 0) is 36.8 Å². The van der Waals surface area contributed by atoms with E-state index < -0.39 is 0 Å². The molecule has 1 amide bonds. The highest BCUT2D eigenvalue weighted by Gasteiger charge is 2.17. The number of nitrogens with zero attached hydrogens (tertiary/aromatic N) is 1. The molecule has 0 aliphatic heterocycles. The number of halogens is 1. The number of nitrogens with one attached hydrogen (secondary N) is 1. The summed E-state index contributed by atoms with van der Waals surface area (Å²) in [5.41, 5.74) is 3.07. The molecule has 0 spiro atoms. The summed E-state index contributed by atoms with van der Waals surface area (Å²) in [5.74, 6) is -0.308.